The number of hydrogen-bond donors (Lipinski definition) is 3. The first kappa shape index (κ1) is 14.7. The van der Waals surface area contributed by atoms with Crippen molar-refractivity contribution in [2.24, 2.45) is 0 Å². The number of nitrogens with two attached hydrogens (primary N) is 1. The number of anilines is 2. The third kappa shape index (κ3) is 3.87. The summed E-state index contributed by atoms with van der Waals surface area (Å²) in [4.78, 5) is 26.7. The highest BCUT2D eigenvalue weighted by Gasteiger charge is 2.07. The molecule has 0 unspecified atom stereocenters. The summed E-state index contributed by atoms with van der Waals surface area (Å²) in [6.45, 7) is 2.76. The van der Waals surface area contributed by atoms with Crippen molar-refractivity contribution in [3.05, 3.63) is 22.5 Å². The maximum atomic E-state index is 11.4. The van der Waals surface area contributed by atoms with Crippen molar-refractivity contribution in [1.29, 1.82) is 0 Å². The van der Waals surface area contributed by atoms with Gasteiger partial charge in [0.1, 0.15) is 16.7 Å². The smallest absolute Gasteiger partial charge is 0.253 e. The number of rotatable bonds is 5. The first-order valence-electron chi connectivity index (χ1n) is 5.82. The molecule has 2 rings (SSSR count). The molecule has 2 aromatic heterocycles. The van der Waals surface area contributed by atoms with Crippen molar-refractivity contribution in [2.45, 2.75) is 22.3 Å². The van der Waals surface area contributed by atoms with Crippen LogP contribution in [0.25, 0.3) is 0 Å². The van der Waals surface area contributed by atoms with Gasteiger partial charge in [0.2, 0.25) is 0 Å². The molecule has 2 aromatic rings. The number of H-pyrrole nitrogens is 1. The molecule has 9 heteroatoms. The number of nitrogens with one attached hydrogen (secondary N) is 2. The van der Waals surface area contributed by atoms with E-state index < -0.39 is 0 Å². The van der Waals surface area contributed by atoms with Crippen LogP contribution >= 0.6 is 23.5 Å². The molecule has 0 aliphatic rings. The lowest BCUT2D eigenvalue weighted by atomic mass is 10.5. The van der Waals surface area contributed by atoms with E-state index in [9.17, 15) is 4.79 Å². The zero-order valence-corrected chi connectivity index (χ0v) is 12.6. The van der Waals surface area contributed by atoms with Gasteiger partial charge in [-0.1, -0.05) is 11.8 Å². The minimum Gasteiger partial charge on any atom is -0.383 e. The van der Waals surface area contributed by atoms with Gasteiger partial charge in [-0.2, -0.15) is 0 Å². The molecule has 0 atom stereocenters. The van der Waals surface area contributed by atoms with Crippen LogP contribution in [0.2, 0.25) is 0 Å². The zero-order chi connectivity index (χ0) is 14.5. The topological polar surface area (TPSA) is 110 Å². The molecule has 0 saturated carbocycles. The molecule has 106 valence electrons. The van der Waals surface area contributed by atoms with Gasteiger partial charge in [-0.05, 0) is 24.9 Å². The Hall–Kier alpha value is -1.74. The maximum absolute atomic E-state index is 11.4. The summed E-state index contributed by atoms with van der Waals surface area (Å²) >= 11 is 2.68. The van der Waals surface area contributed by atoms with Crippen molar-refractivity contribution in [1.82, 2.24) is 19.9 Å². The normalized spacial score (nSPS) is 10.5. The van der Waals surface area contributed by atoms with Crippen molar-refractivity contribution < 1.29 is 0 Å². The van der Waals surface area contributed by atoms with Crippen LogP contribution in [0.4, 0.5) is 11.6 Å². The Bertz CT molecular complexity index is 660. The van der Waals surface area contributed by atoms with Crippen LogP contribution in [0.15, 0.2) is 32.3 Å². The van der Waals surface area contributed by atoms with E-state index in [1.807, 2.05) is 13.2 Å². The molecular weight excluding hydrogens is 296 g/mol. The Morgan fingerprint density at radius 3 is 2.80 bits per heavy atom. The third-order valence-corrected chi connectivity index (χ3v) is 3.52. The second-order valence-electron chi connectivity index (χ2n) is 3.69. The highest BCUT2D eigenvalue weighted by atomic mass is 32.2. The van der Waals surface area contributed by atoms with Gasteiger partial charge in [0.25, 0.3) is 5.56 Å². The Kier molecular flexibility index (Phi) is 4.85. The van der Waals surface area contributed by atoms with Crippen LogP contribution in [0.1, 0.15) is 6.92 Å². The molecule has 0 aliphatic carbocycles. The first-order valence-corrected chi connectivity index (χ1v) is 7.86. The molecule has 20 heavy (non-hydrogen) atoms. The van der Waals surface area contributed by atoms with E-state index in [2.05, 4.69) is 25.3 Å². The van der Waals surface area contributed by atoms with Crippen LogP contribution in [-0.4, -0.2) is 32.7 Å². The number of aromatic nitrogens is 4. The number of nitrogen functional groups attached to an aromatic ring is 1. The summed E-state index contributed by atoms with van der Waals surface area (Å²) in [6.07, 6.45) is 1.90. The first-order chi connectivity index (χ1) is 9.60. The molecule has 0 bridgehead atoms. The van der Waals surface area contributed by atoms with E-state index in [1.165, 1.54) is 29.6 Å². The van der Waals surface area contributed by atoms with E-state index in [0.29, 0.717) is 15.3 Å². The zero-order valence-electron chi connectivity index (χ0n) is 11.0. The van der Waals surface area contributed by atoms with Gasteiger partial charge >= 0.3 is 0 Å². The van der Waals surface area contributed by atoms with Crippen LogP contribution in [0.3, 0.4) is 0 Å². The Balaban J connectivity index is 2.31. The molecule has 7 nitrogen and oxygen atoms in total. The van der Waals surface area contributed by atoms with Crippen molar-refractivity contribution in [2.75, 3.05) is 23.9 Å². The third-order valence-electron chi connectivity index (χ3n) is 2.16. The number of aromatic amines is 1. The van der Waals surface area contributed by atoms with Crippen LogP contribution < -0.4 is 16.6 Å². The van der Waals surface area contributed by atoms with Crippen LogP contribution in [0, 0.1) is 0 Å². The van der Waals surface area contributed by atoms with Gasteiger partial charge in [-0.3, -0.25) is 4.79 Å². The van der Waals surface area contributed by atoms with E-state index in [-0.39, 0.29) is 11.4 Å². The fraction of sp³-hybridized carbons (Fsp3) is 0.273. The molecule has 0 radical (unpaired) electrons. The van der Waals surface area contributed by atoms with Gasteiger partial charge in [-0.15, -0.1) is 0 Å². The summed E-state index contributed by atoms with van der Waals surface area (Å²) in [7, 11) is 0. The predicted molar refractivity (Wildman–Crippen MR) is 81.4 cm³/mol. The molecule has 0 saturated heterocycles. The molecule has 0 aromatic carbocycles. The summed E-state index contributed by atoms with van der Waals surface area (Å²) < 4.78 is 0. The SMILES string of the molecule is CCNc1cc(Sc2nc(N)cc(=O)[nH]2)nc(SC)n1. The lowest BCUT2D eigenvalue weighted by Gasteiger charge is -2.07. The van der Waals surface area contributed by atoms with Gasteiger partial charge in [0.15, 0.2) is 10.3 Å². The molecule has 2 heterocycles. The van der Waals surface area contributed by atoms with Crippen molar-refractivity contribution >= 4 is 35.2 Å². The Morgan fingerprint density at radius 1 is 1.35 bits per heavy atom. The minimum absolute atomic E-state index is 0.183. The van der Waals surface area contributed by atoms with E-state index >= 15 is 0 Å². The van der Waals surface area contributed by atoms with E-state index in [1.54, 1.807) is 6.07 Å². The lowest BCUT2D eigenvalue weighted by molar-refractivity contribution is 0.881. The monoisotopic (exact) mass is 310 g/mol. The predicted octanol–water partition coefficient (Wildman–Crippen LogP) is 1.45. The summed E-state index contributed by atoms with van der Waals surface area (Å²) in [5, 5.41) is 4.88. The highest BCUT2D eigenvalue weighted by molar-refractivity contribution is 7.99. The standard InChI is InChI=1S/C11H14N6OS2/c1-3-13-7-5-9(17-10(15-7)19-2)20-11-14-6(12)4-8(18)16-11/h4-5H,3H2,1-2H3,(H,13,15,17)(H3,12,14,16,18). The Labute approximate surface area is 124 Å². The van der Waals surface area contributed by atoms with Crippen molar-refractivity contribution in [3.8, 4) is 0 Å². The average Bonchev–Trinajstić information content (AvgIpc) is 2.37. The van der Waals surface area contributed by atoms with E-state index in [4.69, 9.17) is 5.73 Å². The number of nitrogens with zero attached hydrogens (tertiary/aromatic N) is 3. The summed E-state index contributed by atoms with van der Waals surface area (Å²) in [5.41, 5.74) is 5.27. The van der Waals surface area contributed by atoms with Gasteiger partial charge in [0.05, 0.1) is 0 Å². The molecule has 0 amide bonds. The summed E-state index contributed by atoms with van der Waals surface area (Å²) in [5.74, 6) is 0.919. The largest absolute Gasteiger partial charge is 0.383 e. The average molecular weight is 310 g/mol. The second-order valence-corrected chi connectivity index (χ2v) is 5.47. The van der Waals surface area contributed by atoms with Gasteiger partial charge < -0.3 is 16.0 Å². The van der Waals surface area contributed by atoms with Crippen LogP contribution in [0.5, 0.6) is 0 Å². The minimum atomic E-state index is -0.286. The molecule has 4 N–H and O–H groups in total. The quantitative estimate of drug-likeness (QED) is 0.432. The number of hydrogen-bond acceptors (Lipinski definition) is 8. The maximum Gasteiger partial charge on any atom is 0.253 e. The Morgan fingerprint density at radius 2 is 2.15 bits per heavy atom. The van der Waals surface area contributed by atoms with Gasteiger partial charge in [0, 0.05) is 18.7 Å². The van der Waals surface area contributed by atoms with E-state index in [0.717, 1.165) is 12.4 Å². The highest BCUT2D eigenvalue weighted by Crippen LogP contribution is 2.26. The lowest BCUT2D eigenvalue weighted by Crippen LogP contribution is -2.09. The fourth-order valence-corrected chi connectivity index (χ4v) is 2.66. The number of thioether (sulfide) groups is 1. The molecule has 0 fully saturated rings. The summed E-state index contributed by atoms with van der Waals surface area (Å²) in [6, 6.07) is 3.04. The van der Waals surface area contributed by atoms with Crippen LogP contribution in [-0.2, 0) is 0 Å². The second kappa shape index (κ2) is 6.62. The molecule has 0 spiro atoms. The van der Waals surface area contributed by atoms with Crippen molar-refractivity contribution in [3.63, 3.8) is 0 Å². The fourth-order valence-electron chi connectivity index (χ4n) is 1.42. The molecular formula is C11H14N6OS2. The molecule has 0 aliphatic heterocycles. The van der Waals surface area contributed by atoms with Gasteiger partial charge in [-0.25, -0.2) is 15.0 Å².